The topological polar surface area (TPSA) is 121 Å². The first-order valence-electron chi connectivity index (χ1n) is 22.1. The summed E-state index contributed by atoms with van der Waals surface area (Å²) in [6.45, 7) is 24.2. The molecular formula is C49H73NO7. The molecule has 5 aliphatic rings. The number of hydrogen-bond donors (Lipinski definition) is 2. The number of benzene rings is 1. The van der Waals surface area contributed by atoms with Crippen molar-refractivity contribution in [2.75, 3.05) is 6.54 Å². The second kappa shape index (κ2) is 15.2. The minimum absolute atomic E-state index is 0.00329. The van der Waals surface area contributed by atoms with Gasteiger partial charge in [-0.3, -0.25) is 19.2 Å². The van der Waals surface area contributed by atoms with Crippen molar-refractivity contribution >= 4 is 23.6 Å². The molecule has 9 atom stereocenters. The van der Waals surface area contributed by atoms with Crippen LogP contribution in [0, 0.1) is 62.1 Å². The number of ether oxygens (including phenoxy) is 1. The van der Waals surface area contributed by atoms with E-state index in [9.17, 15) is 29.4 Å². The van der Waals surface area contributed by atoms with Crippen molar-refractivity contribution in [1.29, 1.82) is 0 Å². The van der Waals surface area contributed by atoms with E-state index >= 15 is 0 Å². The third kappa shape index (κ3) is 7.24. The number of aliphatic hydroxyl groups is 1. The molecule has 0 aromatic heterocycles. The van der Waals surface area contributed by atoms with Gasteiger partial charge in [-0.05, 0) is 122 Å². The van der Waals surface area contributed by atoms with Gasteiger partial charge in [-0.1, -0.05) is 98.2 Å². The van der Waals surface area contributed by atoms with Gasteiger partial charge < -0.3 is 19.8 Å². The van der Waals surface area contributed by atoms with E-state index < -0.39 is 28.9 Å². The quantitative estimate of drug-likeness (QED) is 0.202. The Hall–Kier alpha value is -3.00. The predicted molar refractivity (Wildman–Crippen MR) is 223 cm³/mol. The molecule has 6 rings (SSSR count). The summed E-state index contributed by atoms with van der Waals surface area (Å²) in [7, 11) is 0. The Morgan fingerprint density at radius 2 is 1.54 bits per heavy atom. The van der Waals surface area contributed by atoms with Crippen molar-refractivity contribution in [1.82, 2.24) is 4.90 Å². The highest BCUT2D eigenvalue weighted by molar-refractivity contribution is 6.00. The van der Waals surface area contributed by atoms with Gasteiger partial charge in [0.15, 0.2) is 5.78 Å². The molecule has 0 bridgehead atoms. The van der Waals surface area contributed by atoms with Crippen LogP contribution in [0.4, 0.5) is 0 Å². The van der Waals surface area contributed by atoms with Gasteiger partial charge in [0.25, 0.3) is 0 Å². The number of carbonyl (C=O) groups excluding carboxylic acids is 3. The Balaban J connectivity index is 1.30. The van der Waals surface area contributed by atoms with Crippen LogP contribution in [0.25, 0.3) is 0 Å². The summed E-state index contributed by atoms with van der Waals surface area (Å²) >= 11 is 0. The number of hydrogen-bond acceptors (Lipinski definition) is 6. The molecule has 1 aromatic carbocycles. The number of aliphatic carboxylic acids is 1. The average molecular weight is 788 g/mol. The van der Waals surface area contributed by atoms with Gasteiger partial charge in [-0.15, -0.1) is 0 Å². The molecule has 5 aliphatic carbocycles. The molecule has 2 N–H and O–H groups in total. The number of carboxylic acid groups (broad SMARTS) is 1. The van der Waals surface area contributed by atoms with Gasteiger partial charge in [-0.25, -0.2) is 0 Å². The van der Waals surface area contributed by atoms with Gasteiger partial charge in [0.1, 0.15) is 6.10 Å². The van der Waals surface area contributed by atoms with E-state index in [0.29, 0.717) is 31.2 Å². The fourth-order valence-electron chi connectivity index (χ4n) is 13.8. The predicted octanol–water partition coefficient (Wildman–Crippen LogP) is 9.82. The van der Waals surface area contributed by atoms with Crippen LogP contribution >= 0.6 is 0 Å². The highest BCUT2D eigenvalue weighted by Gasteiger charge is 2.71. The summed E-state index contributed by atoms with van der Waals surface area (Å²) in [5.41, 5.74) is 0.984. The van der Waals surface area contributed by atoms with E-state index in [2.05, 4.69) is 62.3 Å². The van der Waals surface area contributed by atoms with Crippen LogP contribution in [0.2, 0.25) is 0 Å². The minimum atomic E-state index is -1.18. The fourth-order valence-corrected chi connectivity index (χ4v) is 13.8. The number of fused-ring (bicyclic) bond motifs is 7. The van der Waals surface area contributed by atoms with Crippen molar-refractivity contribution < 1.29 is 34.1 Å². The second-order valence-electron chi connectivity index (χ2n) is 21.9. The SMILES string of the molecule is CC(C)CC(=O)N(Cc1ccccc1)CC(O)C12CC[C@]3(C)[C@H](CC[C@@H]4[C@@]5(C)CC[C@H](OC(=O)CC(C)(C)C(=O)O)C(C)(C)[C@H]5CC[C@]43C)C1=C(C(C)C)C(=O)C2. The lowest BCUT2D eigenvalue weighted by atomic mass is 9.33. The Kier molecular flexibility index (Phi) is 11.6. The van der Waals surface area contributed by atoms with Crippen LogP contribution in [0.1, 0.15) is 152 Å². The summed E-state index contributed by atoms with van der Waals surface area (Å²) in [6, 6.07) is 10.0. The normalized spacial score (nSPS) is 35.2. The fraction of sp³-hybridized carbons (Fsp3) is 0.755. The summed E-state index contributed by atoms with van der Waals surface area (Å²) in [6.07, 6.45) is 6.89. The van der Waals surface area contributed by atoms with Gasteiger partial charge >= 0.3 is 11.9 Å². The maximum absolute atomic E-state index is 14.3. The first-order valence-corrected chi connectivity index (χ1v) is 22.1. The van der Waals surface area contributed by atoms with E-state index in [0.717, 1.165) is 62.5 Å². The van der Waals surface area contributed by atoms with Crippen LogP contribution in [-0.2, 0) is 30.5 Å². The molecule has 2 unspecified atom stereocenters. The average Bonchev–Trinajstić information content (AvgIpc) is 3.42. The summed E-state index contributed by atoms with van der Waals surface area (Å²) < 4.78 is 6.18. The van der Waals surface area contributed by atoms with E-state index in [-0.39, 0.29) is 70.2 Å². The second-order valence-corrected chi connectivity index (χ2v) is 21.9. The molecule has 8 nitrogen and oxygen atoms in total. The number of carbonyl (C=O) groups is 4. The molecule has 1 aromatic rings. The van der Waals surface area contributed by atoms with Crippen LogP contribution in [-0.4, -0.2) is 57.5 Å². The number of rotatable bonds is 12. The van der Waals surface area contributed by atoms with Crippen LogP contribution < -0.4 is 0 Å². The molecule has 316 valence electrons. The molecule has 0 radical (unpaired) electrons. The molecular weight excluding hydrogens is 715 g/mol. The Bertz CT molecular complexity index is 1760. The Morgan fingerprint density at radius 3 is 2.16 bits per heavy atom. The van der Waals surface area contributed by atoms with Gasteiger partial charge in [-0.2, -0.15) is 0 Å². The van der Waals surface area contributed by atoms with E-state index in [1.807, 2.05) is 35.2 Å². The summed E-state index contributed by atoms with van der Waals surface area (Å²) in [5, 5.41) is 22.3. The van der Waals surface area contributed by atoms with E-state index in [4.69, 9.17) is 4.74 Å². The third-order valence-electron chi connectivity index (χ3n) is 17.0. The lowest BCUT2D eigenvalue weighted by molar-refractivity contribution is -0.235. The van der Waals surface area contributed by atoms with E-state index in [1.165, 1.54) is 5.57 Å². The molecule has 0 spiro atoms. The number of ketones is 1. The Morgan fingerprint density at radius 1 is 0.877 bits per heavy atom. The van der Waals surface area contributed by atoms with E-state index in [1.54, 1.807) is 13.8 Å². The number of nitrogens with zero attached hydrogens (tertiary/aromatic N) is 1. The molecule has 0 aliphatic heterocycles. The van der Waals surface area contributed by atoms with Crippen molar-refractivity contribution in [3.05, 3.63) is 47.0 Å². The molecule has 8 heteroatoms. The Labute approximate surface area is 343 Å². The smallest absolute Gasteiger partial charge is 0.309 e. The number of carboxylic acids is 1. The molecule has 4 saturated carbocycles. The number of amides is 1. The number of Topliss-reactive ketones (excluding diaryl/α,β-unsaturated/α-hetero) is 1. The highest BCUT2D eigenvalue weighted by Crippen LogP contribution is 2.77. The van der Waals surface area contributed by atoms with Gasteiger partial charge in [0.05, 0.1) is 17.9 Å². The van der Waals surface area contributed by atoms with Crippen molar-refractivity contribution in [2.24, 2.45) is 62.1 Å². The van der Waals surface area contributed by atoms with Crippen molar-refractivity contribution in [2.45, 2.75) is 166 Å². The number of aliphatic hydroxyl groups excluding tert-OH is 1. The lowest BCUT2D eigenvalue weighted by Crippen LogP contribution is -2.66. The van der Waals surface area contributed by atoms with Crippen molar-refractivity contribution in [3.63, 3.8) is 0 Å². The molecule has 4 fully saturated rings. The summed E-state index contributed by atoms with van der Waals surface area (Å²) in [4.78, 5) is 54.9. The third-order valence-corrected chi connectivity index (χ3v) is 17.0. The summed E-state index contributed by atoms with van der Waals surface area (Å²) in [5.74, 6) is -0.0257. The van der Waals surface area contributed by atoms with Gasteiger partial charge in [0, 0.05) is 36.8 Å². The number of allylic oxidation sites excluding steroid dienone is 1. The molecule has 1 amide bonds. The minimum Gasteiger partial charge on any atom is -0.481 e. The van der Waals surface area contributed by atoms with Crippen LogP contribution in [0.5, 0.6) is 0 Å². The van der Waals surface area contributed by atoms with Gasteiger partial charge in [0.2, 0.25) is 5.91 Å². The molecule has 0 heterocycles. The molecule has 57 heavy (non-hydrogen) atoms. The van der Waals surface area contributed by atoms with Crippen LogP contribution in [0.15, 0.2) is 41.5 Å². The van der Waals surface area contributed by atoms with Crippen LogP contribution in [0.3, 0.4) is 0 Å². The number of esters is 1. The lowest BCUT2D eigenvalue weighted by Gasteiger charge is -2.72. The molecule has 0 saturated heterocycles. The monoisotopic (exact) mass is 788 g/mol. The zero-order chi connectivity index (χ0) is 42.1. The largest absolute Gasteiger partial charge is 0.481 e. The first kappa shape index (κ1) is 43.6. The maximum atomic E-state index is 14.3. The highest BCUT2D eigenvalue weighted by atomic mass is 16.5. The van der Waals surface area contributed by atoms with Crippen molar-refractivity contribution in [3.8, 4) is 0 Å². The first-order chi connectivity index (χ1) is 26.4. The maximum Gasteiger partial charge on any atom is 0.309 e. The standard InChI is InChI=1S/C49H73NO7/c1-30(2)25-39(53)50(28-32-15-13-12-14-16-32)29-37(52)49-24-23-47(10)33(42(49)41(31(3)4)34(51)26-49)17-18-36-46(9)21-20-38(57-40(54)27-44(5,6)43(55)56)45(7,8)35(46)19-22-48(36,47)11/h12-16,30-31,33,35-38,52H,17-29H2,1-11H3,(H,55,56)/t33-,35-,36-,37?,38+,46+,47-,48-,49?/m1/s1. The zero-order valence-corrected chi connectivity index (χ0v) is 37.0. The zero-order valence-electron chi connectivity index (χ0n) is 37.0.